The highest BCUT2D eigenvalue weighted by Gasteiger charge is 2.10. The van der Waals surface area contributed by atoms with E-state index >= 15 is 0 Å². The number of aromatic nitrogens is 3. The summed E-state index contributed by atoms with van der Waals surface area (Å²) < 4.78 is 1.93. The van der Waals surface area contributed by atoms with Crippen molar-refractivity contribution in [2.45, 2.75) is 17.3 Å². The minimum Gasteiger partial charge on any atom is -0.312 e. The zero-order valence-electron chi connectivity index (χ0n) is 8.79. The van der Waals surface area contributed by atoms with Gasteiger partial charge in [-0.05, 0) is 12.5 Å². The Balaban J connectivity index is 2.11. The van der Waals surface area contributed by atoms with Gasteiger partial charge in [0, 0.05) is 12.3 Å². The van der Waals surface area contributed by atoms with E-state index in [-0.39, 0.29) is 0 Å². The molecule has 0 saturated heterocycles. The molecule has 0 saturated carbocycles. The molecule has 0 radical (unpaired) electrons. The van der Waals surface area contributed by atoms with E-state index < -0.39 is 0 Å². The highest BCUT2D eigenvalue weighted by Crippen LogP contribution is 2.32. The molecule has 2 aromatic rings. The standard InChI is InChI=1S/C11H13N3S/c1-9(10-6-4-3-5-7-10)15-11-13-12-8-14(11)2/h3-9H,1-2H3. The van der Waals surface area contributed by atoms with E-state index in [4.69, 9.17) is 0 Å². The normalized spacial score (nSPS) is 12.7. The fourth-order valence-electron chi connectivity index (χ4n) is 1.33. The van der Waals surface area contributed by atoms with Gasteiger partial charge in [-0.15, -0.1) is 10.2 Å². The SMILES string of the molecule is CC(Sc1nncn1C)c1ccccc1. The zero-order chi connectivity index (χ0) is 10.7. The van der Waals surface area contributed by atoms with Crippen molar-refractivity contribution < 1.29 is 0 Å². The summed E-state index contributed by atoms with van der Waals surface area (Å²) >= 11 is 1.72. The van der Waals surface area contributed by atoms with Crippen LogP contribution in [-0.4, -0.2) is 14.8 Å². The van der Waals surface area contributed by atoms with Crippen molar-refractivity contribution >= 4 is 11.8 Å². The van der Waals surface area contributed by atoms with E-state index in [0.29, 0.717) is 5.25 Å². The molecule has 0 amide bonds. The van der Waals surface area contributed by atoms with Crippen molar-refractivity contribution in [1.82, 2.24) is 14.8 Å². The second-order valence-electron chi connectivity index (χ2n) is 3.40. The molecule has 0 N–H and O–H groups in total. The molecule has 0 fully saturated rings. The average Bonchev–Trinajstić information content (AvgIpc) is 2.66. The lowest BCUT2D eigenvalue weighted by Crippen LogP contribution is -1.93. The summed E-state index contributed by atoms with van der Waals surface area (Å²) in [6, 6.07) is 10.4. The molecule has 2 rings (SSSR count). The summed E-state index contributed by atoms with van der Waals surface area (Å²) in [6.45, 7) is 2.18. The first kappa shape index (κ1) is 10.2. The Labute approximate surface area is 93.5 Å². The number of hydrogen-bond donors (Lipinski definition) is 0. The van der Waals surface area contributed by atoms with E-state index in [2.05, 4.69) is 41.4 Å². The fourth-order valence-corrected chi connectivity index (χ4v) is 2.25. The molecule has 1 aromatic carbocycles. The van der Waals surface area contributed by atoms with Crippen molar-refractivity contribution in [2.75, 3.05) is 0 Å². The van der Waals surface area contributed by atoms with Gasteiger partial charge in [-0.3, -0.25) is 0 Å². The predicted octanol–water partition coefficient (Wildman–Crippen LogP) is 2.67. The maximum absolute atomic E-state index is 4.06. The Hall–Kier alpha value is -1.29. The van der Waals surface area contributed by atoms with E-state index in [1.807, 2.05) is 17.7 Å². The molecule has 0 spiro atoms. The molecule has 0 aliphatic rings. The second kappa shape index (κ2) is 4.49. The Morgan fingerprint density at radius 2 is 2.00 bits per heavy atom. The van der Waals surface area contributed by atoms with Crippen LogP contribution in [0.5, 0.6) is 0 Å². The second-order valence-corrected chi connectivity index (χ2v) is 4.70. The molecule has 1 aromatic heterocycles. The molecule has 4 heteroatoms. The monoisotopic (exact) mass is 219 g/mol. The molecule has 15 heavy (non-hydrogen) atoms. The predicted molar refractivity (Wildman–Crippen MR) is 61.7 cm³/mol. The van der Waals surface area contributed by atoms with Crippen molar-refractivity contribution in [2.24, 2.45) is 7.05 Å². The van der Waals surface area contributed by atoms with Gasteiger partial charge in [-0.25, -0.2) is 0 Å². The third kappa shape index (κ3) is 2.39. The summed E-state index contributed by atoms with van der Waals surface area (Å²) in [5.74, 6) is 0. The first-order valence-corrected chi connectivity index (χ1v) is 5.71. The maximum Gasteiger partial charge on any atom is 0.191 e. The van der Waals surface area contributed by atoms with Gasteiger partial charge in [-0.2, -0.15) is 0 Å². The van der Waals surface area contributed by atoms with Crippen LogP contribution in [-0.2, 0) is 7.05 Å². The minimum atomic E-state index is 0.397. The van der Waals surface area contributed by atoms with Gasteiger partial charge in [0.15, 0.2) is 5.16 Å². The van der Waals surface area contributed by atoms with Crippen LogP contribution in [0.2, 0.25) is 0 Å². The quantitative estimate of drug-likeness (QED) is 0.744. The molecular formula is C11H13N3S. The topological polar surface area (TPSA) is 30.7 Å². The van der Waals surface area contributed by atoms with E-state index in [1.54, 1.807) is 18.1 Å². The summed E-state index contributed by atoms with van der Waals surface area (Å²) in [5, 5.41) is 9.27. The molecule has 0 bridgehead atoms. The summed E-state index contributed by atoms with van der Waals surface area (Å²) in [4.78, 5) is 0. The minimum absolute atomic E-state index is 0.397. The molecule has 0 aliphatic heterocycles. The average molecular weight is 219 g/mol. The van der Waals surface area contributed by atoms with Crippen LogP contribution in [0.4, 0.5) is 0 Å². The van der Waals surface area contributed by atoms with Gasteiger partial charge in [0.2, 0.25) is 0 Å². The Kier molecular flexibility index (Phi) is 3.06. The van der Waals surface area contributed by atoms with Crippen LogP contribution in [0.25, 0.3) is 0 Å². The highest BCUT2D eigenvalue weighted by atomic mass is 32.2. The molecule has 0 aliphatic carbocycles. The van der Waals surface area contributed by atoms with E-state index in [0.717, 1.165) is 5.16 Å². The first-order chi connectivity index (χ1) is 7.27. The smallest absolute Gasteiger partial charge is 0.191 e. The lowest BCUT2D eigenvalue weighted by Gasteiger charge is -2.09. The van der Waals surface area contributed by atoms with Crippen LogP contribution in [0.1, 0.15) is 17.7 Å². The number of nitrogens with zero attached hydrogens (tertiary/aromatic N) is 3. The lowest BCUT2D eigenvalue weighted by molar-refractivity contribution is 0.785. The van der Waals surface area contributed by atoms with Crippen LogP contribution >= 0.6 is 11.8 Å². The largest absolute Gasteiger partial charge is 0.312 e. The van der Waals surface area contributed by atoms with Crippen LogP contribution < -0.4 is 0 Å². The van der Waals surface area contributed by atoms with Gasteiger partial charge in [0.05, 0.1) is 0 Å². The number of rotatable bonds is 3. The van der Waals surface area contributed by atoms with Gasteiger partial charge >= 0.3 is 0 Å². The third-order valence-electron chi connectivity index (χ3n) is 2.22. The van der Waals surface area contributed by atoms with Crippen molar-refractivity contribution in [3.8, 4) is 0 Å². The van der Waals surface area contributed by atoms with Crippen LogP contribution in [0.15, 0.2) is 41.8 Å². The maximum atomic E-state index is 4.06. The van der Waals surface area contributed by atoms with Gasteiger partial charge in [0.25, 0.3) is 0 Å². The third-order valence-corrected chi connectivity index (χ3v) is 3.43. The molecule has 1 atom stereocenters. The highest BCUT2D eigenvalue weighted by molar-refractivity contribution is 7.99. The van der Waals surface area contributed by atoms with Gasteiger partial charge in [0.1, 0.15) is 6.33 Å². The fraction of sp³-hybridized carbons (Fsp3) is 0.273. The lowest BCUT2D eigenvalue weighted by atomic mass is 10.2. The Morgan fingerprint density at radius 3 is 2.60 bits per heavy atom. The number of aryl methyl sites for hydroxylation is 1. The van der Waals surface area contributed by atoms with Crippen molar-refractivity contribution in [1.29, 1.82) is 0 Å². The summed E-state index contributed by atoms with van der Waals surface area (Å²) in [5.41, 5.74) is 1.31. The molecule has 3 nitrogen and oxygen atoms in total. The van der Waals surface area contributed by atoms with Crippen molar-refractivity contribution in [3.05, 3.63) is 42.2 Å². The molecular weight excluding hydrogens is 206 g/mol. The Bertz CT molecular complexity index is 424. The van der Waals surface area contributed by atoms with Gasteiger partial charge in [-0.1, -0.05) is 42.1 Å². The number of hydrogen-bond acceptors (Lipinski definition) is 3. The van der Waals surface area contributed by atoms with Crippen LogP contribution in [0, 0.1) is 0 Å². The van der Waals surface area contributed by atoms with E-state index in [1.165, 1.54) is 5.56 Å². The van der Waals surface area contributed by atoms with Crippen molar-refractivity contribution in [3.63, 3.8) is 0 Å². The Morgan fingerprint density at radius 1 is 1.27 bits per heavy atom. The molecule has 78 valence electrons. The summed E-state index contributed by atoms with van der Waals surface area (Å²) in [7, 11) is 1.96. The number of thioether (sulfide) groups is 1. The molecule has 1 unspecified atom stereocenters. The summed E-state index contributed by atoms with van der Waals surface area (Å²) in [6.07, 6.45) is 1.72. The van der Waals surface area contributed by atoms with Crippen LogP contribution in [0.3, 0.4) is 0 Å². The number of benzene rings is 1. The first-order valence-electron chi connectivity index (χ1n) is 4.83. The van der Waals surface area contributed by atoms with E-state index in [9.17, 15) is 0 Å². The van der Waals surface area contributed by atoms with Gasteiger partial charge < -0.3 is 4.57 Å². The zero-order valence-corrected chi connectivity index (χ0v) is 9.61. The molecule has 1 heterocycles.